The Labute approximate surface area is 93.5 Å². The van der Waals surface area contributed by atoms with Crippen LogP contribution in [0, 0.1) is 13.8 Å². The van der Waals surface area contributed by atoms with Gasteiger partial charge in [0.05, 0.1) is 0 Å². The van der Waals surface area contributed by atoms with Crippen molar-refractivity contribution >= 4 is 11.9 Å². The number of carbonyl (C=O) groups excluding carboxylic acids is 1. The van der Waals surface area contributed by atoms with Gasteiger partial charge in [0.1, 0.15) is 6.54 Å². The predicted molar refractivity (Wildman–Crippen MR) is 61.1 cm³/mol. The minimum absolute atomic E-state index is 0.0858. The Hall–Kier alpha value is -2.04. The van der Waals surface area contributed by atoms with Crippen LogP contribution in [-0.2, 0) is 11.3 Å². The molecule has 0 aromatic carbocycles. The zero-order valence-electron chi connectivity index (χ0n) is 9.32. The molecule has 0 saturated heterocycles. The molecule has 84 valence electrons. The number of aromatic amines is 1. The van der Waals surface area contributed by atoms with Gasteiger partial charge in [-0.2, -0.15) is 0 Å². The lowest BCUT2D eigenvalue weighted by Crippen LogP contribution is -2.20. The van der Waals surface area contributed by atoms with Crippen molar-refractivity contribution in [2.45, 2.75) is 20.4 Å². The van der Waals surface area contributed by atoms with Crippen LogP contribution in [-0.4, -0.2) is 20.4 Å². The van der Waals surface area contributed by atoms with E-state index in [9.17, 15) is 4.79 Å². The minimum Gasteiger partial charge on any atom is -0.340 e. The van der Waals surface area contributed by atoms with E-state index in [4.69, 9.17) is 0 Å². The average Bonchev–Trinajstić information content (AvgIpc) is 2.83. The van der Waals surface area contributed by atoms with E-state index in [1.807, 2.05) is 30.5 Å². The molecule has 0 atom stereocenters. The monoisotopic (exact) mass is 218 g/mol. The number of aryl methyl sites for hydroxylation is 2. The maximum absolute atomic E-state index is 11.7. The molecule has 0 bridgehead atoms. The van der Waals surface area contributed by atoms with E-state index in [1.54, 1.807) is 12.4 Å². The van der Waals surface area contributed by atoms with Crippen LogP contribution in [0.25, 0.3) is 0 Å². The lowest BCUT2D eigenvalue weighted by atomic mass is 10.4. The van der Waals surface area contributed by atoms with Crippen LogP contribution < -0.4 is 5.32 Å². The number of hydrogen-bond acceptors (Lipinski definition) is 2. The number of imidazole rings is 1. The Morgan fingerprint density at radius 1 is 1.44 bits per heavy atom. The van der Waals surface area contributed by atoms with Gasteiger partial charge in [-0.15, -0.1) is 0 Å². The van der Waals surface area contributed by atoms with E-state index in [2.05, 4.69) is 15.3 Å². The molecular weight excluding hydrogens is 204 g/mol. The SMILES string of the molecule is Cc1ccc(C)n1CC(=O)Nc1ncc[nH]1. The lowest BCUT2D eigenvalue weighted by molar-refractivity contribution is -0.116. The fourth-order valence-electron chi connectivity index (χ4n) is 1.60. The van der Waals surface area contributed by atoms with Crippen LogP contribution in [0.3, 0.4) is 0 Å². The number of nitrogens with zero attached hydrogens (tertiary/aromatic N) is 2. The number of H-pyrrole nitrogens is 1. The van der Waals surface area contributed by atoms with Gasteiger partial charge in [-0.25, -0.2) is 4.98 Å². The maximum Gasteiger partial charge on any atom is 0.246 e. The predicted octanol–water partition coefficient (Wildman–Crippen LogP) is 1.47. The summed E-state index contributed by atoms with van der Waals surface area (Å²) in [4.78, 5) is 18.4. The fourth-order valence-corrected chi connectivity index (χ4v) is 1.60. The van der Waals surface area contributed by atoms with Gasteiger partial charge in [0.2, 0.25) is 11.9 Å². The molecule has 0 aliphatic heterocycles. The molecule has 5 heteroatoms. The first kappa shape index (κ1) is 10.5. The van der Waals surface area contributed by atoms with E-state index in [1.165, 1.54) is 0 Å². The van der Waals surface area contributed by atoms with E-state index in [-0.39, 0.29) is 5.91 Å². The van der Waals surface area contributed by atoms with Crippen molar-refractivity contribution in [2.24, 2.45) is 0 Å². The van der Waals surface area contributed by atoms with Gasteiger partial charge in [-0.1, -0.05) is 0 Å². The number of rotatable bonds is 3. The van der Waals surface area contributed by atoms with Crippen LogP contribution >= 0.6 is 0 Å². The summed E-state index contributed by atoms with van der Waals surface area (Å²) in [5, 5.41) is 2.69. The van der Waals surface area contributed by atoms with Crippen LogP contribution in [0.5, 0.6) is 0 Å². The summed E-state index contributed by atoms with van der Waals surface area (Å²) in [6.07, 6.45) is 3.27. The van der Waals surface area contributed by atoms with Crippen molar-refractivity contribution in [3.8, 4) is 0 Å². The number of hydrogen-bond donors (Lipinski definition) is 2. The van der Waals surface area contributed by atoms with Crippen molar-refractivity contribution < 1.29 is 4.79 Å². The summed E-state index contributed by atoms with van der Waals surface area (Å²) in [5.74, 6) is 0.393. The van der Waals surface area contributed by atoms with Crippen molar-refractivity contribution in [1.82, 2.24) is 14.5 Å². The zero-order chi connectivity index (χ0) is 11.5. The highest BCUT2D eigenvalue weighted by molar-refractivity contribution is 5.88. The highest BCUT2D eigenvalue weighted by Gasteiger charge is 2.07. The van der Waals surface area contributed by atoms with E-state index in [0.29, 0.717) is 12.5 Å². The normalized spacial score (nSPS) is 10.4. The molecule has 0 saturated carbocycles. The fraction of sp³-hybridized carbons (Fsp3) is 0.273. The molecule has 1 amide bonds. The molecule has 2 heterocycles. The standard InChI is InChI=1S/C11H14N4O/c1-8-3-4-9(2)15(8)7-10(16)14-11-12-5-6-13-11/h3-6H,7H2,1-2H3,(H2,12,13,14,16). The highest BCUT2D eigenvalue weighted by Crippen LogP contribution is 2.07. The third-order valence-electron chi connectivity index (χ3n) is 2.48. The topological polar surface area (TPSA) is 62.7 Å². The molecule has 2 N–H and O–H groups in total. The van der Waals surface area contributed by atoms with Gasteiger partial charge in [0, 0.05) is 23.8 Å². The Morgan fingerprint density at radius 2 is 2.12 bits per heavy atom. The molecule has 2 aromatic rings. The summed E-state index contributed by atoms with van der Waals surface area (Å²) < 4.78 is 1.96. The minimum atomic E-state index is -0.0858. The first-order valence-corrected chi connectivity index (χ1v) is 5.09. The van der Waals surface area contributed by atoms with Gasteiger partial charge in [0.25, 0.3) is 0 Å². The quantitative estimate of drug-likeness (QED) is 0.819. The third-order valence-corrected chi connectivity index (χ3v) is 2.48. The molecule has 0 unspecified atom stereocenters. The average molecular weight is 218 g/mol. The highest BCUT2D eigenvalue weighted by atomic mass is 16.2. The van der Waals surface area contributed by atoms with Gasteiger partial charge < -0.3 is 9.55 Å². The Morgan fingerprint density at radius 3 is 2.69 bits per heavy atom. The summed E-state index contributed by atoms with van der Waals surface area (Å²) in [7, 11) is 0. The second kappa shape index (κ2) is 4.22. The van der Waals surface area contributed by atoms with Crippen LogP contribution in [0.4, 0.5) is 5.95 Å². The Kier molecular flexibility index (Phi) is 2.76. The first-order chi connectivity index (χ1) is 7.66. The van der Waals surface area contributed by atoms with Gasteiger partial charge in [0.15, 0.2) is 0 Å². The van der Waals surface area contributed by atoms with Crippen LogP contribution in [0.15, 0.2) is 24.5 Å². The zero-order valence-corrected chi connectivity index (χ0v) is 9.32. The molecule has 16 heavy (non-hydrogen) atoms. The van der Waals surface area contributed by atoms with E-state index in [0.717, 1.165) is 11.4 Å². The summed E-state index contributed by atoms with van der Waals surface area (Å²) in [6, 6.07) is 3.99. The summed E-state index contributed by atoms with van der Waals surface area (Å²) >= 11 is 0. The van der Waals surface area contributed by atoms with E-state index < -0.39 is 0 Å². The van der Waals surface area contributed by atoms with Crippen molar-refractivity contribution in [3.05, 3.63) is 35.9 Å². The Balaban J connectivity index is 2.03. The number of amides is 1. The molecule has 0 radical (unpaired) electrons. The molecule has 5 nitrogen and oxygen atoms in total. The summed E-state index contributed by atoms with van der Waals surface area (Å²) in [6.45, 7) is 4.27. The lowest BCUT2D eigenvalue weighted by Gasteiger charge is -2.08. The largest absolute Gasteiger partial charge is 0.340 e. The molecule has 0 aliphatic carbocycles. The van der Waals surface area contributed by atoms with Gasteiger partial charge in [-0.05, 0) is 26.0 Å². The third kappa shape index (κ3) is 2.13. The molecule has 2 aromatic heterocycles. The second-order valence-electron chi connectivity index (χ2n) is 3.69. The van der Waals surface area contributed by atoms with Crippen LogP contribution in [0.1, 0.15) is 11.4 Å². The molecule has 0 fully saturated rings. The second-order valence-corrected chi connectivity index (χ2v) is 3.69. The van der Waals surface area contributed by atoms with Crippen LogP contribution in [0.2, 0.25) is 0 Å². The molecule has 0 spiro atoms. The maximum atomic E-state index is 11.7. The molecular formula is C11H14N4O. The number of carbonyl (C=O) groups is 1. The smallest absolute Gasteiger partial charge is 0.246 e. The van der Waals surface area contributed by atoms with Crippen molar-refractivity contribution in [2.75, 3.05) is 5.32 Å². The van der Waals surface area contributed by atoms with Gasteiger partial charge >= 0.3 is 0 Å². The molecule has 2 rings (SSSR count). The number of nitrogens with one attached hydrogen (secondary N) is 2. The van der Waals surface area contributed by atoms with Crippen molar-refractivity contribution in [1.29, 1.82) is 0 Å². The van der Waals surface area contributed by atoms with Gasteiger partial charge in [-0.3, -0.25) is 10.1 Å². The molecule has 0 aliphatic rings. The first-order valence-electron chi connectivity index (χ1n) is 5.09. The van der Waals surface area contributed by atoms with Crippen molar-refractivity contribution in [3.63, 3.8) is 0 Å². The number of aromatic nitrogens is 3. The number of anilines is 1. The Bertz CT molecular complexity index is 465. The summed E-state index contributed by atoms with van der Waals surface area (Å²) in [5.41, 5.74) is 2.15. The van der Waals surface area contributed by atoms with E-state index >= 15 is 0 Å².